The molecule has 0 bridgehead atoms. The van der Waals surface area contributed by atoms with E-state index in [2.05, 4.69) is 20.5 Å². The van der Waals surface area contributed by atoms with Gasteiger partial charge in [-0.2, -0.15) is 0 Å². The molecule has 2 aliphatic rings. The number of nitrogens with one attached hydrogen (secondary N) is 3. The van der Waals surface area contributed by atoms with Crippen molar-refractivity contribution < 1.29 is 17.9 Å². The minimum Gasteiger partial charge on any atom is -0.466 e. The van der Waals surface area contributed by atoms with Crippen LogP contribution in [0.5, 0.6) is 0 Å². The van der Waals surface area contributed by atoms with E-state index in [1.807, 2.05) is 24.3 Å². The van der Waals surface area contributed by atoms with Gasteiger partial charge in [0.05, 0.1) is 6.61 Å². The number of hydrazine groups is 1. The monoisotopic (exact) mass is 430 g/mol. The summed E-state index contributed by atoms with van der Waals surface area (Å²) in [6.45, 7) is 4.56. The molecule has 10 heteroatoms. The number of rotatable bonds is 7. The SMILES string of the molecule is CCOC(=O)C1CNNC1S(=O)(=O)NC1CCN(Cc2ccc(Cl)cc2)CC1. The lowest BCUT2D eigenvalue weighted by Crippen LogP contribution is -2.52. The zero-order valence-electron chi connectivity index (χ0n) is 15.9. The van der Waals surface area contributed by atoms with Crippen molar-refractivity contribution in [1.29, 1.82) is 0 Å². The Morgan fingerprint density at radius 2 is 1.96 bits per heavy atom. The lowest BCUT2D eigenvalue weighted by Gasteiger charge is -2.33. The van der Waals surface area contributed by atoms with Crippen LogP contribution in [-0.4, -0.2) is 56.9 Å². The van der Waals surface area contributed by atoms with Crippen LogP contribution >= 0.6 is 11.6 Å². The zero-order chi connectivity index (χ0) is 20.1. The number of hydrogen-bond donors (Lipinski definition) is 3. The molecule has 3 N–H and O–H groups in total. The van der Waals surface area contributed by atoms with E-state index >= 15 is 0 Å². The van der Waals surface area contributed by atoms with Gasteiger partial charge in [0.1, 0.15) is 5.92 Å². The molecule has 0 aliphatic carbocycles. The standard InChI is InChI=1S/C18H27ClN4O4S/c1-2-27-18(24)16-11-20-21-17(16)28(25,26)22-15-7-9-23(10-8-15)12-13-3-5-14(19)6-4-13/h3-6,15-17,20-22H,2,7-12H2,1H3. The van der Waals surface area contributed by atoms with Crippen LogP contribution in [0.25, 0.3) is 0 Å². The van der Waals surface area contributed by atoms with Crippen molar-refractivity contribution >= 4 is 27.6 Å². The molecule has 2 saturated heterocycles. The summed E-state index contributed by atoms with van der Waals surface area (Å²) in [6.07, 6.45) is 1.44. The number of halogens is 1. The molecular weight excluding hydrogens is 404 g/mol. The second-order valence-corrected chi connectivity index (χ2v) is 9.41. The van der Waals surface area contributed by atoms with Crippen LogP contribution < -0.4 is 15.6 Å². The summed E-state index contributed by atoms with van der Waals surface area (Å²) >= 11 is 5.92. The number of sulfonamides is 1. The van der Waals surface area contributed by atoms with E-state index in [9.17, 15) is 13.2 Å². The molecule has 0 aromatic heterocycles. The lowest BCUT2D eigenvalue weighted by molar-refractivity contribution is -0.147. The normalized spacial score (nSPS) is 24.4. The predicted molar refractivity (Wildman–Crippen MR) is 107 cm³/mol. The van der Waals surface area contributed by atoms with E-state index in [0.29, 0.717) is 5.02 Å². The molecular formula is C18H27ClN4O4S. The molecule has 2 atom stereocenters. The Balaban J connectivity index is 1.51. The van der Waals surface area contributed by atoms with Gasteiger partial charge in [-0.15, -0.1) is 0 Å². The van der Waals surface area contributed by atoms with Crippen molar-refractivity contribution in [1.82, 2.24) is 20.5 Å². The third-order valence-electron chi connectivity index (χ3n) is 5.09. The Labute approximate surface area is 171 Å². The number of nitrogens with zero attached hydrogens (tertiary/aromatic N) is 1. The number of carbonyl (C=O) groups is 1. The molecule has 2 unspecified atom stereocenters. The summed E-state index contributed by atoms with van der Waals surface area (Å²) in [5.41, 5.74) is 6.64. The fourth-order valence-electron chi connectivity index (χ4n) is 3.59. The quantitative estimate of drug-likeness (QED) is 0.551. The third kappa shape index (κ3) is 5.43. The Morgan fingerprint density at radius 3 is 2.61 bits per heavy atom. The number of benzene rings is 1. The maximum atomic E-state index is 12.8. The number of piperidine rings is 1. The van der Waals surface area contributed by atoms with Crippen LogP contribution in [0.3, 0.4) is 0 Å². The summed E-state index contributed by atoms with van der Waals surface area (Å²) in [5.74, 6) is -1.27. The van der Waals surface area contributed by atoms with Crippen molar-refractivity contribution in [2.24, 2.45) is 5.92 Å². The van der Waals surface area contributed by atoms with Crippen molar-refractivity contribution in [3.8, 4) is 0 Å². The van der Waals surface area contributed by atoms with E-state index in [1.165, 1.54) is 5.56 Å². The highest BCUT2D eigenvalue weighted by atomic mass is 35.5. The number of hydrogen-bond acceptors (Lipinski definition) is 7. The van der Waals surface area contributed by atoms with Gasteiger partial charge in [0.15, 0.2) is 5.37 Å². The largest absolute Gasteiger partial charge is 0.466 e. The highest BCUT2D eigenvalue weighted by Gasteiger charge is 2.43. The lowest BCUT2D eigenvalue weighted by atomic mass is 10.1. The van der Waals surface area contributed by atoms with Gasteiger partial charge < -0.3 is 4.74 Å². The first kappa shape index (κ1) is 21.5. The minimum absolute atomic E-state index is 0.142. The molecule has 0 amide bonds. The second-order valence-electron chi connectivity index (χ2n) is 7.14. The predicted octanol–water partition coefficient (Wildman–Crippen LogP) is 0.837. The molecule has 8 nitrogen and oxygen atoms in total. The van der Waals surface area contributed by atoms with Crippen LogP contribution in [-0.2, 0) is 26.1 Å². The summed E-state index contributed by atoms with van der Waals surface area (Å²) in [6, 6.07) is 7.62. The highest BCUT2D eigenvalue weighted by Crippen LogP contribution is 2.19. The number of carbonyl (C=O) groups excluding carboxylic acids is 1. The zero-order valence-corrected chi connectivity index (χ0v) is 17.4. The minimum atomic E-state index is -3.71. The maximum Gasteiger partial charge on any atom is 0.313 e. The number of esters is 1. The summed E-state index contributed by atoms with van der Waals surface area (Å²) in [5, 5.41) is -0.313. The fourth-order valence-corrected chi connectivity index (χ4v) is 5.44. The molecule has 1 aromatic rings. The molecule has 3 rings (SSSR count). The van der Waals surface area contributed by atoms with Gasteiger partial charge in [-0.1, -0.05) is 23.7 Å². The van der Waals surface area contributed by atoms with Crippen LogP contribution in [0.4, 0.5) is 0 Å². The molecule has 2 fully saturated rings. The Morgan fingerprint density at radius 1 is 1.29 bits per heavy atom. The van der Waals surface area contributed by atoms with Gasteiger partial charge in [0, 0.05) is 37.2 Å². The van der Waals surface area contributed by atoms with Crippen molar-refractivity contribution in [2.45, 2.75) is 37.7 Å². The Bertz CT molecular complexity index is 766. The smallest absolute Gasteiger partial charge is 0.313 e. The maximum absolute atomic E-state index is 12.8. The van der Waals surface area contributed by atoms with Crippen molar-refractivity contribution in [3.63, 3.8) is 0 Å². The Hall–Kier alpha value is -1.23. The summed E-state index contributed by atoms with van der Waals surface area (Å²) in [4.78, 5) is 14.3. The van der Waals surface area contributed by atoms with Crippen LogP contribution in [0.1, 0.15) is 25.3 Å². The van der Waals surface area contributed by atoms with Gasteiger partial charge in [-0.05, 0) is 37.5 Å². The number of ether oxygens (including phenoxy) is 1. The third-order valence-corrected chi connectivity index (χ3v) is 7.12. The molecule has 0 spiro atoms. The molecule has 0 radical (unpaired) electrons. The summed E-state index contributed by atoms with van der Waals surface area (Å²) < 4.78 is 33.3. The van der Waals surface area contributed by atoms with Gasteiger partial charge >= 0.3 is 5.97 Å². The van der Waals surface area contributed by atoms with Crippen LogP contribution in [0.2, 0.25) is 5.02 Å². The molecule has 28 heavy (non-hydrogen) atoms. The average Bonchev–Trinajstić information content (AvgIpc) is 3.16. The van der Waals surface area contributed by atoms with E-state index in [0.717, 1.165) is 32.5 Å². The first-order chi connectivity index (χ1) is 13.4. The van der Waals surface area contributed by atoms with Crippen molar-refractivity contribution in [3.05, 3.63) is 34.9 Å². The fraction of sp³-hybridized carbons (Fsp3) is 0.611. The van der Waals surface area contributed by atoms with Crippen LogP contribution in [0, 0.1) is 5.92 Å². The topological polar surface area (TPSA) is 99.8 Å². The van der Waals surface area contributed by atoms with E-state index in [1.54, 1.807) is 6.92 Å². The van der Waals surface area contributed by atoms with Gasteiger partial charge in [0.25, 0.3) is 0 Å². The first-order valence-corrected chi connectivity index (χ1v) is 11.4. The van der Waals surface area contributed by atoms with E-state index < -0.39 is 27.3 Å². The van der Waals surface area contributed by atoms with Crippen molar-refractivity contribution in [2.75, 3.05) is 26.2 Å². The number of likely N-dealkylation sites (tertiary alicyclic amines) is 1. The van der Waals surface area contributed by atoms with Gasteiger partial charge in [0.2, 0.25) is 10.0 Å². The second kappa shape index (κ2) is 9.51. The highest BCUT2D eigenvalue weighted by molar-refractivity contribution is 7.90. The Kier molecular flexibility index (Phi) is 7.30. The van der Waals surface area contributed by atoms with Crippen LogP contribution in [0.15, 0.2) is 24.3 Å². The van der Waals surface area contributed by atoms with E-state index in [-0.39, 0.29) is 19.2 Å². The molecule has 1 aromatic carbocycles. The molecule has 0 saturated carbocycles. The van der Waals surface area contributed by atoms with E-state index in [4.69, 9.17) is 16.3 Å². The van der Waals surface area contributed by atoms with Gasteiger partial charge in [-0.3, -0.25) is 15.1 Å². The molecule has 156 valence electrons. The first-order valence-electron chi connectivity index (χ1n) is 9.52. The molecule has 2 aliphatic heterocycles. The average molecular weight is 431 g/mol. The van der Waals surface area contributed by atoms with Gasteiger partial charge in [-0.25, -0.2) is 18.6 Å². The summed E-state index contributed by atoms with van der Waals surface area (Å²) in [7, 11) is -3.71. The molecule has 2 heterocycles.